The smallest absolute Gasteiger partial charge is 0.270 e. The lowest BCUT2D eigenvalue weighted by molar-refractivity contribution is 0.0718. The topological polar surface area (TPSA) is 81.0 Å². The maximum Gasteiger partial charge on any atom is 0.270 e. The van der Waals surface area contributed by atoms with Crippen LogP contribution >= 0.6 is 0 Å². The van der Waals surface area contributed by atoms with E-state index >= 15 is 0 Å². The van der Waals surface area contributed by atoms with Gasteiger partial charge in [-0.05, 0) is 48.2 Å². The number of aryl methyl sites for hydroxylation is 1. The number of carbonyl (C=O) groups is 1. The number of H-pyrrole nitrogens is 2. The minimum absolute atomic E-state index is 0.0205. The molecular weight excluding hydrogens is 421 g/mol. The summed E-state index contributed by atoms with van der Waals surface area (Å²) in [5.74, 6) is -2.94. The second-order valence-electron chi connectivity index (χ2n) is 8.09. The fourth-order valence-corrected chi connectivity index (χ4v) is 4.50. The monoisotopic (exact) mass is 440 g/mol. The normalized spacial score (nSPS) is 15.8. The lowest BCUT2D eigenvalue weighted by atomic mass is 9.93. The number of nitrogens with zero attached hydrogens (tertiary/aromatic N) is 1. The number of benzene rings is 2. The predicted molar refractivity (Wildman–Crippen MR) is 114 cm³/mol. The van der Waals surface area contributed by atoms with Crippen LogP contribution in [0.15, 0.2) is 35.1 Å². The van der Waals surface area contributed by atoms with Crippen molar-refractivity contribution in [3.63, 3.8) is 0 Å². The van der Waals surface area contributed by atoms with Crippen molar-refractivity contribution in [3.8, 4) is 0 Å². The maximum atomic E-state index is 14.1. The Balaban J connectivity index is 1.62. The summed E-state index contributed by atoms with van der Waals surface area (Å²) in [6.07, 6.45) is 0. The molecule has 0 radical (unpaired) electrons. The van der Waals surface area contributed by atoms with Crippen molar-refractivity contribution in [2.45, 2.75) is 19.5 Å². The van der Waals surface area contributed by atoms with Gasteiger partial charge in [-0.15, -0.1) is 0 Å². The van der Waals surface area contributed by atoms with Crippen LogP contribution in [0, 0.1) is 24.4 Å². The average Bonchev–Trinajstić information content (AvgIpc) is 3.18. The highest BCUT2D eigenvalue weighted by Gasteiger charge is 2.31. The summed E-state index contributed by atoms with van der Waals surface area (Å²) in [5.41, 5.74) is 2.03. The van der Waals surface area contributed by atoms with E-state index in [1.54, 1.807) is 20.0 Å². The van der Waals surface area contributed by atoms with E-state index in [1.165, 1.54) is 17.0 Å². The van der Waals surface area contributed by atoms with E-state index in [0.29, 0.717) is 35.4 Å². The number of aromatic amines is 2. The molecular formula is C23H19F3N4O2. The molecule has 3 N–H and O–H groups in total. The molecule has 1 atom stereocenters. The van der Waals surface area contributed by atoms with Crippen LogP contribution in [-0.2, 0) is 6.54 Å². The third-order valence-corrected chi connectivity index (χ3v) is 6.09. The standard InChI is InChI=1S/C23H19F3N4O2/c1-10-3-11(24)4-17-12(10)7-18(28-17)23(32)30(2)20-9-27-8-19-21(20)13-5-15(25)16(26)6-14(13)22(31)29-19/h3-7,20,27-28H,8-9H2,1-2H3,(H,29,31). The van der Waals surface area contributed by atoms with Crippen LogP contribution in [0.3, 0.4) is 0 Å². The molecule has 1 aliphatic rings. The predicted octanol–water partition coefficient (Wildman–Crippen LogP) is 3.65. The van der Waals surface area contributed by atoms with E-state index in [1.807, 2.05) is 0 Å². The Bertz CT molecular complexity index is 1470. The zero-order valence-corrected chi connectivity index (χ0v) is 17.3. The Morgan fingerprint density at radius 3 is 2.47 bits per heavy atom. The van der Waals surface area contributed by atoms with Gasteiger partial charge in [0, 0.05) is 42.3 Å². The van der Waals surface area contributed by atoms with Crippen molar-refractivity contribution < 1.29 is 18.0 Å². The highest BCUT2D eigenvalue weighted by Crippen LogP contribution is 2.33. The van der Waals surface area contributed by atoms with Gasteiger partial charge in [0.15, 0.2) is 11.6 Å². The van der Waals surface area contributed by atoms with Crippen molar-refractivity contribution in [2.75, 3.05) is 13.6 Å². The fraction of sp³-hybridized carbons (Fsp3) is 0.217. The lowest BCUT2D eigenvalue weighted by Gasteiger charge is -2.34. The molecule has 0 saturated heterocycles. The summed E-state index contributed by atoms with van der Waals surface area (Å²) in [6.45, 7) is 2.43. The molecule has 9 heteroatoms. The minimum atomic E-state index is -1.11. The molecule has 6 nitrogen and oxygen atoms in total. The quantitative estimate of drug-likeness (QED) is 0.445. The second kappa shape index (κ2) is 7.23. The lowest BCUT2D eigenvalue weighted by Crippen LogP contribution is -2.42. The van der Waals surface area contributed by atoms with E-state index in [2.05, 4.69) is 15.3 Å². The number of amides is 1. The van der Waals surface area contributed by atoms with Crippen LogP contribution in [0.4, 0.5) is 13.2 Å². The van der Waals surface area contributed by atoms with Crippen molar-refractivity contribution in [3.05, 3.63) is 80.7 Å². The molecule has 0 bridgehead atoms. The van der Waals surface area contributed by atoms with Crippen molar-refractivity contribution >= 4 is 27.6 Å². The van der Waals surface area contributed by atoms with Gasteiger partial charge in [-0.25, -0.2) is 13.2 Å². The summed E-state index contributed by atoms with van der Waals surface area (Å²) >= 11 is 0. The summed E-state index contributed by atoms with van der Waals surface area (Å²) in [4.78, 5) is 32.9. The van der Waals surface area contributed by atoms with Gasteiger partial charge < -0.3 is 20.2 Å². The van der Waals surface area contributed by atoms with Gasteiger partial charge >= 0.3 is 0 Å². The molecule has 0 saturated carbocycles. The third-order valence-electron chi connectivity index (χ3n) is 6.09. The molecule has 0 spiro atoms. The van der Waals surface area contributed by atoms with Gasteiger partial charge in [0.1, 0.15) is 11.5 Å². The number of carbonyl (C=O) groups excluding carboxylic acids is 1. The molecule has 0 fully saturated rings. The van der Waals surface area contributed by atoms with Crippen LogP contribution in [0.2, 0.25) is 0 Å². The zero-order valence-electron chi connectivity index (χ0n) is 17.3. The molecule has 1 amide bonds. The van der Waals surface area contributed by atoms with E-state index < -0.39 is 29.1 Å². The van der Waals surface area contributed by atoms with Crippen LogP contribution in [-0.4, -0.2) is 34.4 Å². The van der Waals surface area contributed by atoms with E-state index in [4.69, 9.17) is 0 Å². The number of aromatic nitrogens is 2. The number of nitrogens with one attached hydrogen (secondary N) is 3. The van der Waals surface area contributed by atoms with Crippen LogP contribution < -0.4 is 10.9 Å². The Morgan fingerprint density at radius 2 is 1.72 bits per heavy atom. The Morgan fingerprint density at radius 1 is 1.00 bits per heavy atom. The fourth-order valence-electron chi connectivity index (χ4n) is 4.50. The first-order chi connectivity index (χ1) is 15.2. The maximum absolute atomic E-state index is 14.1. The van der Waals surface area contributed by atoms with Crippen LogP contribution in [0.1, 0.15) is 33.4 Å². The molecule has 3 heterocycles. The molecule has 2 aromatic carbocycles. The van der Waals surface area contributed by atoms with Crippen molar-refractivity contribution in [1.29, 1.82) is 0 Å². The first-order valence-electron chi connectivity index (χ1n) is 10.0. The number of pyridine rings is 1. The summed E-state index contributed by atoms with van der Waals surface area (Å²) in [5, 5.41) is 4.17. The Kier molecular flexibility index (Phi) is 4.59. The largest absolute Gasteiger partial charge is 0.350 e. The van der Waals surface area contributed by atoms with Gasteiger partial charge in [0.05, 0.1) is 11.4 Å². The average molecular weight is 440 g/mol. The number of likely N-dealkylation sites (N-methyl/N-ethyl adjacent to an activating group) is 1. The van der Waals surface area contributed by atoms with Gasteiger partial charge in [0.25, 0.3) is 11.5 Å². The van der Waals surface area contributed by atoms with Gasteiger partial charge in [0.2, 0.25) is 0 Å². The number of hydrogen-bond acceptors (Lipinski definition) is 3. The molecule has 164 valence electrons. The summed E-state index contributed by atoms with van der Waals surface area (Å²) in [6, 6.07) is 5.71. The number of halogens is 3. The molecule has 2 aromatic heterocycles. The first kappa shape index (κ1) is 20.3. The highest BCUT2D eigenvalue weighted by molar-refractivity contribution is 5.99. The van der Waals surface area contributed by atoms with Crippen LogP contribution in [0.5, 0.6) is 0 Å². The third kappa shape index (κ3) is 3.08. The van der Waals surface area contributed by atoms with Crippen LogP contribution in [0.25, 0.3) is 21.7 Å². The van der Waals surface area contributed by atoms with Gasteiger partial charge in [-0.2, -0.15) is 0 Å². The zero-order chi connectivity index (χ0) is 22.7. The minimum Gasteiger partial charge on any atom is -0.350 e. The van der Waals surface area contributed by atoms with Gasteiger partial charge in [-0.3, -0.25) is 9.59 Å². The molecule has 1 aliphatic heterocycles. The SMILES string of the molecule is Cc1cc(F)cc2[nH]c(C(=O)N(C)C3CNCc4[nH]c(=O)c5cc(F)c(F)cc5c43)cc12. The molecule has 0 aliphatic carbocycles. The van der Waals surface area contributed by atoms with Gasteiger partial charge in [-0.1, -0.05) is 0 Å². The Hall–Kier alpha value is -3.59. The number of fused-ring (bicyclic) bond motifs is 4. The van der Waals surface area contributed by atoms with E-state index in [9.17, 15) is 22.8 Å². The van der Waals surface area contributed by atoms with Crippen molar-refractivity contribution in [2.24, 2.45) is 0 Å². The molecule has 1 unspecified atom stereocenters. The summed E-state index contributed by atoms with van der Waals surface area (Å²) in [7, 11) is 1.60. The molecule has 5 rings (SSSR count). The Labute approximate surface area is 180 Å². The number of hydrogen-bond donors (Lipinski definition) is 3. The van der Waals surface area contributed by atoms with E-state index in [0.717, 1.165) is 17.5 Å². The first-order valence-corrected chi connectivity index (χ1v) is 10.0. The highest BCUT2D eigenvalue weighted by atomic mass is 19.2. The molecule has 32 heavy (non-hydrogen) atoms. The second-order valence-corrected chi connectivity index (χ2v) is 8.09. The molecule has 4 aromatic rings. The van der Waals surface area contributed by atoms with E-state index in [-0.39, 0.29) is 22.4 Å². The van der Waals surface area contributed by atoms with Crippen molar-refractivity contribution in [1.82, 2.24) is 20.2 Å². The summed E-state index contributed by atoms with van der Waals surface area (Å²) < 4.78 is 41.6. The number of rotatable bonds is 2.